The molecule has 3 N–H and O–H groups in total. The fraction of sp³-hybridized carbons (Fsp3) is 0.333. The normalized spacial score (nSPS) is 13.7. The topological polar surface area (TPSA) is 86.6 Å². The molecular formula is C12H15NO4S. The standard InChI is InChI=1S/C12H15NO4S/c1-8(14)13-11(12(16)17)18-7-10(15)9-5-3-2-4-6-9/h2-6,10-11,15H,7H2,1H3,(H,13,14)(H,16,17)/t10-,11-/m1/s1. The first kappa shape index (κ1) is 14.5. The SMILES string of the molecule is CC(=O)N[C@H](SC[C@@H](O)c1ccccc1)C(=O)O. The molecule has 0 spiro atoms. The van der Waals surface area contributed by atoms with Gasteiger partial charge >= 0.3 is 5.97 Å². The first-order chi connectivity index (χ1) is 8.50. The van der Waals surface area contributed by atoms with Gasteiger partial charge in [0.05, 0.1) is 6.10 Å². The lowest BCUT2D eigenvalue weighted by Crippen LogP contribution is -2.37. The van der Waals surface area contributed by atoms with Crippen molar-refractivity contribution in [1.82, 2.24) is 5.32 Å². The molecule has 1 amide bonds. The molecule has 0 heterocycles. The highest BCUT2D eigenvalue weighted by molar-refractivity contribution is 8.00. The molecule has 0 aliphatic rings. The lowest BCUT2D eigenvalue weighted by atomic mass is 10.1. The molecule has 0 aromatic heterocycles. The van der Waals surface area contributed by atoms with Crippen molar-refractivity contribution in [1.29, 1.82) is 0 Å². The highest BCUT2D eigenvalue weighted by Gasteiger charge is 2.20. The van der Waals surface area contributed by atoms with Gasteiger partial charge in [0.1, 0.15) is 0 Å². The van der Waals surface area contributed by atoms with Crippen LogP contribution >= 0.6 is 11.8 Å². The number of aliphatic carboxylic acids is 1. The summed E-state index contributed by atoms with van der Waals surface area (Å²) in [6.07, 6.45) is -0.758. The summed E-state index contributed by atoms with van der Waals surface area (Å²) in [5.41, 5.74) is 0.719. The molecule has 0 fully saturated rings. The lowest BCUT2D eigenvalue weighted by molar-refractivity contribution is -0.138. The van der Waals surface area contributed by atoms with Crippen molar-refractivity contribution in [2.24, 2.45) is 0 Å². The van der Waals surface area contributed by atoms with Crippen LogP contribution in [0.4, 0.5) is 0 Å². The zero-order valence-electron chi connectivity index (χ0n) is 9.87. The van der Waals surface area contributed by atoms with Gasteiger partial charge in [-0.1, -0.05) is 30.3 Å². The predicted octanol–water partition coefficient (Wildman–Crippen LogP) is 1.00. The number of nitrogens with one attached hydrogen (secondary N) is 1. The van der Waals surface area contributed by atoms with Crippen LogP contribution in [0.2, 0.25) is 0 Å². The number of carboxylic acids is 1. The summed E-state index contributed by atoms with van der Waals surface area (Å²) in [5, 5.41) is 20.0. The molecule has 0 aliphatic carbocycles. The Balaban J connectivity index is 2.52. The van der Waals surface area contributed by atoms with Crippen LogP contribution in [0.15, 0.2) is 30.3 Å². The summed E-state index contributed by atoms with van der Waals surface area (Å²) in [4.78, 5) is 21.7. The van der Waals surface area contributed by atoms with Crippen LogP contribution in [0.3, 0.4) is 0 Å². The second-order valence-electron chi connectivity index (χ2n) is 3.68. The van der Waals surface area contributed by atoms with Crippen LogP contribution in [-0.2, 0) is 9.59 Å². The summed E-state index contributed by atoms with van der Waals surface area (Å²) in [6.45, 7) is 1.25. The van der Waals surface area contributed by atoms with Crippen molar-refractivity contribution in [3.05, 3.63) is 35.9 Å². The van der Waals surface area contributed by atoms with E-state index in [9.17, 15) is 14.7 Å². The third-order valence-electron chi connectivity index (χ3n) is 2.16. The molecule has 1 aromatic rings. The molecule has 0 saturated heterocycles. The molecule has 0 saturated carbocycles. The Morgan fingerprint density at radius 3 is 2.44 bits per heavy atom. The molecule has 2 atom stereocenters. The monoisotopic (exact) mass is 269 g/mol. The van der Waals surface area contributed by atoms with E-state index in [4.69, 9.17) is 5.11 Å². The van der Waals surface area contributed by atoms with Crippen LogP contribution in [0, 0.1) is 0 Å². The molecule has 0 unspecified atom stereocenters. The van der Waals surface area contributed by atoms with Gasteiger partial charge in [-0.15, -0.1) is 11.8 Å². The molecular weight excluding hydrogens is 254 g/mol. The largest absolute Gasteiger partial charge is 0.479 e. The number of aliphatic hydroxyl groups is 1. The van der Waals surface area contributed by atoms with Gasteiger partial charge in [-0.3, -0.25) is 4.79 Å². The number of hydrogen-bond donors (Lipinski definition) is 3. The van der Waals surface area contributed by atoms with Crippen LogP contribution in [0.5, 0.6) is 0 Å². The van der Waals surface area contributed by atoms with Gasteiger partial charge in [0.2, 0.25) is 5.91 Å². The quantitative estimate of drug-likeness (QED) is 0.671. The van der Waals surface area contributed by atoms with E-state index in [0.717, 1.165) is 17.3 Å². The third kappa shape index (κ3) is 4.77. The van der Waals surface area contributed by atoms with E-state index in [1.807, 2.05) is 6.07 Å². The van der Waals surface area contributed by atoms with Gasteiger partial charge in [0.15, 0.2) is 5.37 Å². The number of hydrogen-bond acceptors (Lipinski definition) is 4. The van der Waals surface area contributed by atoms with Gasteiger partial charge in [0, 0.05) is 12.7 Å². The first-order valence-corrected chi connectivity index (χ1v) is 6.40. The minimum absolute atomic E-state index is 0.196. The first-order valence-electron chi connectivity index (χ1n) is 5.35. The van der Waals surface area contributed by atoms with E-state index in [1.54, 1.807) is 24.3 Å². The van der Waals surface area contributed by atoms with Gasteiger partial charge < -0.3 is 15.5 Å². The number of carboxylic acid groups (broad SMARTS) is 1. The van der Waals surface area contributed by atoms with Crippen LogP contribution in [0.1, 0.15) is 18.6 Å². The summed E-state index contributed by atoms with van der Waals surface area (Å²) >= 11 is 0.979. The molecule has 5 nitrogen and oxygen atoms in total. The second kappa shape index (κ2) is 7.03. The lowest BCUT2D eigenvalue weighted by Gasteiger charge is -2.15. The van der Waals surface area contributed by atoms with E-state index in [1.165, 1.54) is 6.92 Å². The number of benzene rings is 1. The molecule has 6 heteroatoms. The molecule has 0 aliphatic heterocycles. The van der Waals surface area contributed by atoms with Gasteiger partial charge in [-0.05, 0) is 5.56 Å². The zero-order chi connectivity index (χ0) is 13.5. The summed E-state index contributed by atoms with van der Waals surface area (Å²) in [7, 11) is 0. The Bertz CT molecular complexity index is 410. The fourth-order valence-electron chi connectivity index (χ4n) is 1.32. The maximum absolute atomic E-state index is 10.9. The highest BCUT2D eigenvalue weighted by atomic mass is 32.2. The molecule has 1 aromatic carbocycles. The summed E-state index contributed by atoms with van der Waals surface area (Å²) < 4.78 is 0. The molecule has 1 rings (SSSR count). The summed E-state index contributed by atoms with van der Waals surface area (Å²) in [6, 6.07) is 8.96. The number of amides is 1. The summed E-state index contributed by atoms with van der Waals surface area (Å²) in [5.74, 6) is -1.35. The molecule has 98 valence electrons. The highest BCUT2D eigenvalue weighted by Crippen LogP contribution is 2.20. The minimum atomic E-state index is -1.13. The maximum Gasteiger partial charge on any atom is 0.336 e. The van der Waals surface area contributed by atoms with Crippen molar-refractivity contribution in [3.8, 4) is 0 Å². The minimum Gasteiger partial charge on any atom is -0.479 e. The molecule has 0 bridgehead atoms. The van der Waals surface area contributed by atoms with Crippen molar-refractivity contribution in [2.75, 3.05) is 5.75 Å². The number of carbonyl (C=O) groups is 2. The Hall–Kier alpha value is -1.53. The van der Waals surface area contributed by atoms with Crippen molar-refractivity contribution in [3.63, 3.8) is 0 Å². The smallest absolute Gasteiger partial charge is 0.336 e. The van der Waals surface area contributed by atoms with E-state index in [-0.39, 0.29) is 5.75 Å². The van der Waals surface area contributed by atoms with Crippen molar-refractivity contribution >= 4 is 23.6 Å². The molecule has 18 heavy (non-hydrogen) atoms. The maximum atomic E-state index is 10.9. The van der Waals surface area contributed by atoms with Crippen molar-refractivity contribution in [2.45, 2.75) is 18.4 Å². The van der Waals surface area contributed by atoms with Crippen LogP contribution in [-0.4, -0.2) is 33.2 Å². The average molecular weight is 269 g/mol. The van der Waals surface area contributed by atoms with E-state index in [2.05, 4.69) is 5.32 Å². The Labute approximate surface area is 109 Å². The van der Waals surface area contributed by atoms with E-state index < -0.39 is 23.4 Å². The Kier molecular flexibility index (Phi) is 5.67. The second-order valence-corrected chi connectivity index (χ2v) is 4.82. The fourth-order valence-corrected chi connectivity index (χ4v) is 2.28. The Morgan fingerprint density at radius 1 is 1.33 bits per heavy atom. The average Bonchev–Trinajstić information content (AvgIpc) is 2.34. The number of carbonyl (C=O) groups excluding carboxylic acids is 1. The number of thioether (sulfide) groups is 1. The van der Waals surface area contributed by atoms with E-state index >= 15 is 0 Å². The van der Waals surface area contributed by atoms with Crippen molar-refractivity contribution < 1.29 is 19.8 Å². The Morgan fingerprint density at radius 2 is 1.94 bits per heavy atom. The number of aliphatic hydroxyl groups excluding tert-OH is 1. The number of rotatable bonds is 6. The van der Waals surface area contributed by atoms with Crippen LogP contribution < -0.4 is 5.32 Å². The van der Waals surface area contributed by atoms with Gasteiger partial charge in [-0.25, -0.2) is 4.79 Å². The molecule has 0 radical (unpaired) electrons. The predicted molar refractivity (Wildman–Crippen MR) is 69.1 cm³/mol. The van der Waals surface area contributed by atoms with Gasteiger partial charge in [-0.2, -0.15) is 0 Å². The third-order valence-corrected chi connectivity index (χ3v) is 3.32. The zero-order valence-corrected chi connectivity index (χ0v) is 10.7. The van der Waals surface area contributed by atoms with Crippen LogP contribution in [0.25, 0.3) is 0 Å². The van der Waals surface area contributed by atoms with E-state index in [0.29, 0.717) is 0 Å². The van der Waals surface area contributed by atoms with Gasteiger partial charge in [0.25, 0.3) is 0 Å².